The fourth-order valence-electron chi connectivity index (χ4n) is 0.476. The molecule has 1 aromatic rings. The summed E-state index contributed by atoms with van der Waals surface area (Å²) in [5, 5.41) is 7.55. The van der Waals surface area contributed by atoms with Gasteiger partial charge in [-0.3, -0.25) is 0 Å². The van der Waals surface area contributed by atoms with Crippen molar-refractivity contribution in [2.45, 2.75) is 0 Å². The van der Waals surface area contributed by atoms with Gasteiger partial charge >= 0.3 is 0 Å². The second kappa shape index (κ2) is 2.60. The molecule has 46 valence electrons. The minimum Gasteiger partial charge on any atom is -0.158 e. The molecule has 0 radical (unpaired) electrons. The zero-order valence-electron chi connectivity index (χ0n) is 4.71. The van der Waals surface area contributed by atoms with Gasteiger partial charge in [0.05, 0.1) is 6.20 Å². The summed E-state index contributed by atoms with van der Waals surface area (Å²) in [6.07, 6.45) is 3.21. The molecular formula is C6H5ClN2. The van der Waals surface area contributed by atoms with Gasteiger partial charge < -0.3 is 0 Å². The second-order valence-electron chi connectivity index (χ2n) is 1.48. The van der Waals surface area contributed by atoms with Crippen molar-refractivity contribution >= 4 is 17.7 Å². The summed E-state index contributed by atoms with van der Waals surface area (Å²) in [4.78, 5) is 0. The molecule has 0 spiro atoms. The predicted octanol–water partition coefficient (Wildman–Crippen LogP) is 1.77. The maximum Gasteiger partial charge on any atom is 0.158 e. The zero-order valence-corrected chi connectivity index (χ0v) is 5.47. The first-order valence-corrected chi connectivity index (χ1v) is 2.82. The first kappa shape index (κ1) is 6.23. The number of aromatic nitrogens is 2. The Morgan fingerprint density at radius 1 is 1.67 bits per heavy atom. The summed E-state index contributed by atoms with van der Waals surface area (Å²) in [6, 6.07) is 1.75. The average molecular weight is 141 g/mol. The molecule has 0 aromatic carbocycles. The molecule has 0 aliphatic carbocycles. The van der Waals surface area contributed by atoms with Gasteiger partial charge in [0.15, 0.2) is 5.15 Å². The Kier molecular flexibility index (Phi) is 1.80. The molecule has 1 rings (SSSR count). The lowest BCUT2D eigenvalue weighted by molar-refractivity contribution is 1.03. The topological polar surface area (TPSA) is 25.8 Å². The molecule has 0 N–H and O–H groups in total. The van der Waals surface area contributed by atoms with Crippen LogP contribution in [0.15, 0.2) is 18.8 Å². The Morgan fingerprint density at radius 3 is 2.89 bits per heavy atom. The van der Waals surface area contributed by atoms with Gasteiger partial charge in [0.25, 0.3) is 0 Å². The lowest BCUT2D eigenvalue weighted by Crippen LogP contribution is -1.82. The summed E-state index contributed by atoms with van der Waals surface area (Å²) >= 11 is 5.58. The molecule has 0 aliphatic heterocycles. The predicted molar refractivity (Wildman–Crippen MR) is 37.1 cm³/mol. The normalized spacial score (nSPS) is 9.00. The maximum atomic E-state index is 5.58. The summed E-state index contributed by atoms with van der Waals surface area (Å²) in [5.41, 5.74) is 0.812. The Morgan fingerprint density at radius 2 is 2.44 bits per heavy atom. The van der Waals surface area contributed by atoms with Gasteiger partial charge in [-0.15, -0.1) is 5.10 Å². The molecule has 2 nitrogen and oxygen atoms in total. The van der Waals surface area contributed by atoms with Crippen molar-refractivity contribution in [2.24, 2.45) is 0 Å². The van der Waals surface area contributed by atoms with Crippen molar-refractivity contribution < 1.29 is 0 Å². The largest absolute Gasteiger partial charge is 0.158 e. The third-order valence-electron chi connectivity index (χ3n) is 0.924. The van der Waals surface area contributed by atoms with E-state index in [1.807, 2.05) is 0 Å². The van der Waals surface area contributed by atoms with Crippen LogP contribution in [0.1, 0.15) is 5.56 Å². The van der Waals surface area contributed by atoms with Crippen LogP contribution in [-0.4, -0.2) is 10.2 Å². The van der Waals surface area contributed by atoms with Gasteiger partial charge in [-0.1, -0.05) is 24.3 Å². The summed E-state index contributed by atoms with van der Waals surface area (Å²) in [7, 11) is 0. The number of nitrogens with zero attached hydrogens (tertiary/aromatic N) is 2. The highest BCUT2D eigenvalue weighted by Crippen LogP contribution is 2.10. The Labute approximate surface area is 58.2 Å². The molecule has 9 heavy (non-hydrogen) atoms. The Balaban J connectivity index is 3.15. The van der Waals surface area contributed by atoms with Gasteiger partial charge in [-0.25, -0.2) is 0 Å². The van der Waals surface area contributed by atoms with Crippen LogP contribution in [0.3, 0.4) is 0 Å². The van der Waals surface area contributed by atoms with E-state index in [2.05, 4.69) is 16.8 Å². The van der Waals surface area contributed by atoms with Crippen LogP contribution < -0.4 is 0 Å². The van der Waals surface area contributed by atoms with Crippen LogP contribution in [0.5, 0.6) is 0 Å². The van der Waals surface area contributed by atoms with Crippen molar-refractivity contribution in [3.63, 3.8) is 0 Å². The zero-order chi connectivity index (χ0) is 6.69. The van der Waals surface area contributed by atoms with E-state index in [-0.39, 0.29) is 0 Å². The average Bonchev–Trinajstić information content (AvgIpc) is 1.89. The van der Waals surface area contributed by atoms with E-state index in [4.69, 9.17) is 11.6 Å². The quantitative estimate of drug-likeness (QED) is 0.594. The molecule has 0 saturated carbocycles. The molecule has 0 aliphatic rings. The van der Waals surface area contributed by atoms with Crippen molar-refractivity contribution in [2.75, 3.05) is 0 Å². The lowest BCUT2D eigenvalue weighted by atomic mass is 10.3. The summed E-state index contributed by atoms with van der Waals surface area (Å²) in [6.45, 7) is 3.54. The number of rotatable bonds is 1. The molecule has 1 aromatic heterocycles. The van der Waals surface area contributed by atoms with Gasteiger partial charge in [0.2, 0.25) is 0 Å². The van der Waals surface area contributed by atoms with Crippen molar-refractivity contribution in [1.29, 1.82) is 0 Å². The fourth-order valence-corrected chi connectivity index (χ4v) is 0.660. The first-order valence-electron chi connectivity index (χ1n) is 2.44. The highest BCUT2D eigenvalue weighted by molar-refractivity contribution is 6.30. The maximum absolute atomic E-state index is 5.58. The monoisotopic (exact) mass is 140 g/mol. The van der Waals surface area contributed by atoms with Crippen molar-refractivity contribution in [1.82, 2.24) is 10.2 Å². The fraction of sp³-hybridized carbons (Fsp3) is 0. The molecule has 0 amide bonds. The molecule has 1 heterocycles. The van der Waals surface area contributed by atoms with Gasteiger partial charge in [0.1, 0.15) is 0 Å². The standard InChI is InChI=1S/C6H5ClN2/c1-2-5-3-4-8-9-6(5)7/h2-4H,1H2. The lowest BCUT2D eigenvalue weighted by Gasteiger charge is -1.90. The molecule has 0 saturated heterocycles. The van der Waals surface area contributed by atoms with Crippen LogP contribution in [0.2, 0.25) is 5.15 Å². The van der Waals surface area contributed by atoms with E-state index in [1.165, 1.54) is 0 Å². The van der Waals surface area contributed by atoms with Crippen LogP contribution in [0.25, 0.3) is 6.08 Å². The van der Waals surface area contributed by atoms with Crippen LogP contribution in [-0.2, 0) is 0 Å². The molecule has 3 heteroatoms. The summed E-state index contributed by atoms with van der Waals surface area (Å²) < 4.78 is 0. The van der Waals surface area contributed by atoms with E-state index in [9.17, 15) is 0 Å². The molecule has 0 bridgehead atoms. The van der Waals surface area contributed by atoms with Gasteiger partial charge in [-0.05, 0) is 6.07 Å². The number of halogens is 1. The van der Waals surface area contributed by atoms with Gasteiger partial charge in [0, 0.05) is 5.56 Å². The third kappa shape index (κ3) is 1.27. The first-order chi connectivity index (χ1) is 4.34. The van der Waals surface area contributed by atoms with Crippen molar-refractivity contribution in [3.8, 4) is 0 Å². The van der Waals surface area contributed by atoms with Crippen LogP contribution in [0, 0.1) is 0 Å². The van der Waals surface area contributed by atoms with Crippen LogP contribution in [0.4, 0.5) is 0 Å². The number of hydrogen-bond donors (Lipinski definition) is 0. The van der Waals surface area contributed by atoms with E-state index < -0.39 is 0 Å². The second-order valence-corrected chi connectivity index (χ2v) is 1.84. The van der Waals surface area contributed by atoms with Crippen LogP contribution >= 0.6 is 11.6 Å². The Bertz CT molecular complexity index is 222. The smallest absolute Gasteiger partial charge is 0.158 e. The minimum absolute atomic E-state index is 0.396. The number of hydrogen-bond acceptors (Lipinski definition) is 2. The third-order valence-corrected chi connectivity index (χ3v) is 1.22. The Hall–Kier alpha value is -0.890. The highest BCUT2D eigenvalue weighted by atomic mass is 35.5. The molecule has 0 unspecified atom stereocenters. The highest BCUT2D eigenvalue weighted by Gasteiger charge is 1.92. The van der Waals surface area contributed by atoms with E-state index in [1.54, 1.807) is 18.3 Å². The summed E-state index contributed by atoms with van der Waals surface area (Å²) in [5.74, 6) is 0. The van der Waals surface area contributed by atoms with E-state index in [0.29, 0.717) is 5.15 Å². The minimum atomic E-state index is 0.396. The van der Waals surface area contributed by atoms with E-state index in [0.717, 1.165) is 5.56 Å². The van der Waals surface area contributed by atoms with Crippen molar-refractivity contribution in [3.05, 3.63) is 29.6 Å². The van der Waals surface area contributed by atoms with E-state index >= 15 is 0 Å². The molecule has 0 atom stereocenters. The molecular weight excluding hydrogens is 136 g/mol. The SMILES string of the molecule is C=Cc1ccnnc1Cl. The van der Waals surface area contributed by atoms with Gasteiger partial charge in [-0.2, -0.15) is 5.10 Å². The molecule has 0 fully saturated rings.